The Bertz CT molecular complexity index is 732. The summed E-state index contributed by atoms with van der Waals surface area (Å²) < 4.78 is 14.6. The van der Waals surface area contributed by atoms with Gasteiger partial charge in [-0.3, -0.25) is 4.79 Å². The second-order valence-electron chi connectivity index (χ2n) is 4.92. The summed E-state index contributed by atoms with van der Waals surface area (Å²) in [6, 6.07) is 9.74. The van der Waals surface area contributed by atoms with E-state index in [1.165, 1.54) is 11.3 Å². The number of hydrogen-bond donors (Lipinski definition) is 1. The van der Waals surface area contributed by atoms with E-state index >= 15 is 0 Å². The number of nitrogens with one attached hydrogen (secondary N) is 1. The van der Waals surface area contributed by atoms with E-state index in [2.05, 4.69) is 5.32 Å². The number of hydrogen-bond acceptors (Lipinski definition) is 7. The quantitative estimate of drug-likeness (QED) is 0.316. The van der Waals surface area contributed by atoms with Gasteiger partial charge in [0.15, 0.2) is 0 Å². The van der Waals surface area contributed by atoms with Crippen molar-refractivity contribution in [1.82, 2.24) is 5.32 Å². The maximum absolute atomic E-state index is 11.6. The van der Waals surface area contributed by atoms with Crippen LogP contribution in [0.3, 0.4) is 0 Å². The molecule has 7 nitrogen and oxygen atoms in total. The third-order valence-electron chi connectivity index (χ3n) is 2.97. The minimum Gasteiger partial charge on any atom is -0.427 e. The van der Waals surface area contributed by atoms with E-state index in [1.807, 2.05) is 0 Å². The molecular formula is C17H16ClNO6S. The first-order valence-electron chi connectivity index (χ1n) is 7.62. The van der Waals surface area contributed by atoms with Gasteiger partial charge in [-0.2, -0.15) is 0 Å². The summed E-state index contributed by atoms with van der Waals surface area (Å²) in [6.45, 7) is -0.269. The number of esters is 2. The van der Waals surface area contributed by atoms with Gasteiger partial charge in [-0.15, -0.1) is 11.3 Å². The van der Waals surface area contributed by atoms with E-state index < -0.39 is 24.8 Å². The normalized spacial score (nSPS) is 10.0. The number of alkyl carbamates (subject to hydrolysis) is 1. The van der Waals surface area contributed by atoms with Crippen molar-refractivity contribution >= 4 is 41.0 Å². The Labute approximate surface area is 158 Å². The average molecular weight is 398 g/mol. The Morgan fingerprint density at radius 1 is 1.08 bits per heavy atom. The fourth-order valence-electron chi connectivity index (χ4n) is 1.76. The van der Waals surface area contributed by atoms with E-state index in [1.54, 1.807) is 41.8 Å². The van der Waals surface area contributed by atoms with Crippen LogP contribution in [0, 0.1) is 0 Å². The number of ether oxygens (including phenoxy) is 3. The van der Waals surface area contributed by atoms with Crippen LogP contribution < -0.4 is 10.1 Å². The highest BCUT2D eigenvalue weighted by Gasteiger charge is 2.10. The Kier molecular flexibility index (Phi) is 7.91. The van der Waals surface area contributed by atoms with Crippen LogP contribution in [0.2, 0.25) is 5.02 Å². The molecule has 2 aromatic rings. The molecular weight excluding hydrogens is 382 g/mol. The number of halogens is 1. The van der Waals surface area contributed by atoms with Crippen molar-refractivity contribution in [2.24, 2.45) is 0 Å². The first kappa shape index (κ1) is 19.7. The van der Waals surface area contributed by atoms with Crippen molar-refractivity contribution < 1.29 is 28.6 Å². The molecule has 0 spiro atoms. The van der Waals surface area contributed by atoms with Crippen molar-refractivity contribution in [1.29, 1.82) is 0 Å². The van der Waals surface area contributed by atoms with Crippen molar-refractivity contribution in [3.8, 4) is 5.75 Å². The van der Waals surface area contributed by atoms with E-state index in [4.69, 9.17) is 25.8 Å². The van der Waals surface area contributed by atoms with Crippen molar-refractivity contribution in [3.05, 3.63) is 51.7 Å². The molecule has 26 heavy (non-hydrogen) atoms. The minimum absolute atomic E-state index is 0.121. The second kappa shape index (κ2) is 10.4. The molecule has 1 amide bonds. The van der Waals surface area contributed by atoms with Gasteiger partial charge in [-0.25, -0.2) is 9.59 Å². The maximum Gasteiger partial charge on any atom is 0.410 e. The SMILES string of the molecule is O=C(CCCNC(=O)OCOC(=O)c1cccs1)Oc1ccc(Cl)cc1. The molecule has 0 unspecified atom stereocenters. The van der Waals surface area contributed by atoms with Gasteiger partial charge in [-0.1, -0.05) is 17.7 Å². The molecule has 0 saturated heterocycles. The Morgan fingerprint density at radius 3 is 2.54 bits per heavy atom. The molecule has 9 heteroatoms. The Hall–Kier alpha value is -2.58. The summed E-state index contributed by atoms with van der Waals surface area (Å²) >= 11 is 6.97. The molecule has 0 saturated carbocycles. The third kappa shape index (κ3) is 7.12. The highest BCUT2D eigenvalue weighted by molar-refractivity contribution is 7.11. The molecule has 0 bridgehead atoms. The van der Waals surface area contributed by atoms with Crippen LogP contribution in [0.5, 0.6) is 5.75 Å². The number of amides is 1. The zero-order chi connectivity index (χ0) is 18.8. The molecule has 1 aromatic carbocycles. The first-order chi connectivity index (χ1) is 12.5. The lowest BCUT2D eigenvalue weighted by atomic mass is 10.3. The largest absolute Gasteiger partial charge is 0.427 e. The first-order valence-corrected chi connectivity index (χ1v) is 8.88. The topological polar surface area (TPSA) is 90.9 Å². The monoisotopic (exact) mass is 397 g/mol. The highest BCUT2D eigenvalue weighted by atomic mass is 35.5. The summed E-state index contributed by atoms with van der Waals surface area (Å²) in [5, 5.41) is 4.73. The highest BCUT2D eigenvalue weighted by Crippen LogP contribution is 2.16. The fraction of sp³-hybridized carbons (Fsp3) is 0.235. The van der Waals surface area contributed by atoms with E-state index in [0.29, 0.717) is 22.1 Å². The molecule has 0 radical (unpaired) electrons. The van der Waals surface area contributed by atoms with Crippen LogP contribution in [0.25, 0.3) is 0 Å². The molecule has 2 rings (SSSR count). The summed E-state index contributed by atoms with van der Waals surface area (Å²) in [4.78, 5) is 35.0. The second-order valence-corrected chi connectivity index (χ2v) is 6.30. The number of carbonyl (C=O) groups excluding carboxylic acids is 3. The molecule has 0 aliphatic heterocycles. The molecule has 1 aromatic heterocycles. The van der Waals surface area contributed by atoms with Gasteiger partial charge in [0.2, 0.25) is 6.79 Å². The zero-order valence-electron chi connectivity index (χ0n) is 13.6. The van der Waals surface area contributed by atoms with Gasteiger partial charge < -0.3 is 19.5 Å². The number of rotatable bonds is 8. The molecule has 1 heterocycles. The summed E-state index contributed by atoms with van der Waals surface area (Å²) in [5.41, 5.74) is 0. The van der Waals surface area contributed by atoms with Gasteiger partial charge in [-0.05, 0) is 42.1 Å². The minimum atomic E-state index is -0.741. The van der Waals surface area contributed by atoms with Crippen molar-refractivity contribution in [2.75, 3.05) is 13.3 Å². The number of thiophene rings is 1. The lowest BCUT2D eigenvalue weighted by Crippen LogP contribution is -2.27. The summed E-state index contributed by atoms with van der Waals surface area (Å²) in [6.07, 6.45) is -0.248. The van der Waals surface area contributed by atoms with Crippen LogP contribution in [0.4, 0.5) is 4.79 Å². The predicted molar refractivity (Wildman–Crippen MR) is 95.4 cm³/mol. The lowest BCUT2D eigenvalue weighted by molar-refractivity contribution is -0.134. The van der Waals surface area contributed by atoms with Crippen molar-refractivity contribution in [2.45, 2.75) is 12.8 Å². The van der Waals surface area contributed by atoms with E-state index in [0.717, 1.165) is 0 Å². The van der Waals surface area contributed by atoms with Gasteiger partial charge in [0.25, 0.3) is 0 Å². The van der Waals surface area contributed by atoms with Crippen LogP contribution in [0.1, 0.15) is 22.5 Å². The fourth-order valence-corrected chi connectivity index (χ4v) is 2.50. The average Bonchev–Trinajstić information content (AvgIpc) is 3.15. The molecule has 138 valence electrons. The number of carbonyl (C=O) groups is 3. The standard InChI is InChI=1S/C17H16ClNO6S/c18-12-5-7-13(8-6-12)25-15(20)4-1-9-19-17(22)24-11-23-16(21)14-3-2-10-26-14/h2-3,5-8,10H,1,4,9,11H2,(H,19,22). The Balaban J connectivity index is 1.53. The van der Waals surface area contributed by atoms with Crippen molar-refractivity contribution in [3.63, 3.8) is 0 Å². The molecule has 1 N–H and O–H groups in total. The Morgan fingerprint density at radius 2 is 1.85 bits per heavy atom. The summed E-state index contributed by atoms with van der Waals surface area (Å²) in [5.74, 6) is -0.579. The third-order valence-corrected chi connectivity index (χ3v) is 4.08. The molecule has 0 fully saturated rings. The smallest absolute Gasteiger partial charge is 0.410 e. The van der Waals surface area contributed by atoms with Gasteiger partial charge in [0, 0.05) is 18.0 Å². The van der Waals surface area contributed by atoms with Crippen LogP contribution in [-0.4, -0.2) is 31.4 Å². The lowest BCUT2D eigenvalue weighted by Gasteiger charge is -2.07. The summed E-state index contributed by atoms with van der Waals surface area (Å²) in [7, 11) is 0. The molecule has 0 aliphatic carbocycles. The molecule has 0 atom stereocenters. The number of benzene rings is 1. The molecule has 0 aliphatic rings. The van der Waals surface area contributed by atoms with Crippen LogP contribution >= 0.6 is 22.9 Å². The van der Waals surface area contributed by atoms with E-state index in [9.17, 15) is 14.4 Å². The van der Waals surface area contributed by atoms with Crippen LogP contribution in [0.15, 0.2) is 41.8 Å². The maximum atomic E-state index is 11.6. The van der Waals surface area contributed by atoms with Gasteiger partial charge in [0.05, 0.1) is 0 Å². The zero-order valence-corrected chi connectivity index (χ0v) is 15.2. The van der Waals surface area contributed by atoms with Gasteiger partial charge >= 0.3 is 18.0 Å². The van der Waals surface area contributed by atoms with Crippen LogP contribution in [-0.2, 0) is 14.3 Å². The predicted octanol–water partition coefficient (Wildman–Crippen LogP) is 3.63. The van der Waals surface area contributed by atoms with E-state index in [-0.39, 0.29) is 13.0 Å². The van der Waals surface area contributed by atoms with Gasteiger partial charge in [0.1, 0.15) is 10.6 Å².